The van der Waals surface area contributed by atoms with Crippen LogP contribution in [0.15, 0.2) is 18.3 Å². The second-order valence-corrected chi connectivity index (χ2v) is 8.71. The SMILES string of the molecule is CC(C)CN1CCC(CNC(=O)Nc2ccc(N3CC(C)OC(C)C3)nc2)C1. The van der Waals surface area contributed by atoms with Crippen LogP contribution in [-0.4, -0.2) is 67.4 Å². The summed E-state index contributed by atoms with van der Waals surface area (Å²) in [6.45, 7) is 14.4. The summed E-state index contributed by atoms with van der Waals surface area (Å²) < 4.78 is 5.77. The van der Waals surface area contributed by atoms with E-state index in [0.29, 0.717) is 17.5 Å². The van der Waals surface area contributed by atoms with Gasteiger partial charge in [0.2, 0.25) is 0 Å². The van der Waals surface area contributed by atoms with Crippen LogP contribution in [0.2, 0.25) is 0 Å². The molecule has 1 aromatic heterocycles. The molecule has 2 aliphatic rings. The van der Waals surface area contributed by atoms with Crippen molar-refractivity contribution in [2.45, 2.75) is 46.3 Å². The van der Waals surface area contributed by atoms with E-state index in [9.17, 15) is 4.79 Å². The van der Waals surface area contributed by atoms with Gasteiger partial charge in [-0.2, -0.15) is 0 Å². The first-order valence-electron chi connectivity index (χ1n) is 10.5. The number of anilines is 2. The van der Waals surface area contributed by atoms with Crippen molar-refractivity contribution in [3.8, 4) is 0 Å². The van der Waals surface area contributed by atoms with Crippen LogP contribution in [0.3, 0.4) is 0 Å². The predicted molar refractivity (Wildman–Crippen MR) is 113 cm³/mol. The highest BCUT2D eigenvalue weighted by Gasteiger charge is 2.24. The summed E-state index contributed by atoms with van der Waals surface area (Å²) in [5.74, 6) is 2.15. The number of likely N-dealkylation sites (tertiary alicyclic amines) is 1. The van der Waals surface area contributed by atoms with Gasteiger partial charge in [0.25, 0.3) is 0 Å². The van der Waals surface area contributed by atoms with Crippen molar-refractivity contribution in [1.82, 2.24) is 15.2 Å². The Labute approximate surface area is 168 Å². The van der Waals surface area contributed by atoms with Gasteiger partial charge in [0.1, 0.15) is 5.82 Å². The fourth-order valence-corrected chi connectivity index (χ4v) is 4.19. The van der Waals surface area contributed by atoms with Gasteiger partial charge in [-0.15, -0.1) is 0 Å². The highest BCUT2D eigenvalue weighted by molar-refractivity contribution is 5.89. The van der Waals surface area contributed by atoms with Gasteiger partial charge in [-0.3, -0.25) is 0 Å². The topological polar surface area (TPSA) is 69.7 Å². The Morgan fingerprint density at radius 2 is 2.00 bits per heavy atom. The lowest BCUT2D eigenvalue weighted by molar-refractivity contribution is -0.00545. The zero-order valence-corrected chi connectivity index (χ0v) is 17.6. The number of nitrogens with one attached hydrogen (secondary N) is 2. The maximum atomic E-state index is 12.2. The molecule has 2 fully saturated rings. The van der Waals surface area contributed by atoms with Crippen LogP contribution < -0.4 is 15.5 Å². The van der Waals surface area contributed by atoms with Crippen molar-refractivity contribution in [2.24, 2.45) is 11.8 Å². The normalized spacial score (nSPS) is 25.9. The summed E-state index contributed by atoms with van der Waals surface area (Å²) in [6, 6.07) is 3.71. The molecule has 3 heterocycles. The first-order valence-corrected chi connectivity index (χ1v) is 10.5. The van der Waals surface area contributed by atoms with Crippen molar-refractivity contribution in [2.75, 3.05) is 49.5 Å². The van der Waals surface area contributed by atoms with E-state index in [-0.39, 0.29) is 18.2 Å². The first kappa shape index (κ1) is 20.9. The Kier molecular flexibility index (Phi) is 7.13. The summed E-state index contributed by atoms with van der Waals surface area (Å²) >= 11 is 0. The van der Waals surface area contributed by atoms with E-state index in [1.165, 1.54) is 0 Å². The maximum Gasteiger partial charge on any atom is 0.319 e. The summed E-state index contributed by atoms with van der Waals surface area (Å²) in [4.78, 5) is 21.4. The molecule has 0 spiro atoms. The molecule has 3 atom stereocenters. The molecule has 0 radical (unpaired) electrons. The first-order chi connectivity index (χ1) is 13.4. The van der Waals surface area contributed by atoms with Gasteiger partial charge in [0.05, 0.1) is 24.1 Å². The highest BCUT2D eigenvalue weighted by Crippen LogP contribution is 2.20. The lowest BCUT2D eigenvalue weighted by Crippen LogP contribution is -2.45. The van der Waals surface area contributed by atoms with E-state index in [4.69, 9.17) is 4.74 Å². The molecule has 2 N–H and O–H groups in total. The minimum absolute atomic E-state index is 0.162. The Balaban J connectivity index is 1.42. The largest absolute Gasteiger partial charge is 0.372 e. The van der Waals surface area contributed by atoms with Crippen molar-refractivity contribution in [3.05, 3.63) is 18.3 Å². The minimum Gasteiger partial charge on any atom is -0.372 e. The smallest absolute Gasteiger partial charge is 0.319 e. The molecule has 0 bridgehead atoms. The lowest BCUT2D eigenvalue weighted by Gasteiger charge is -2.36. The number of morpholine rings is 1. The summed E-state index contributed by atoms with van der Waals surface area (Å²) in [5, 5.41) is 5.89. The van der Waals surface area contributed by atoms with Gasteiger partial charge in [0.15, 0.2) is 0 Å². The van der Waals surface area contributed by atoms with Crippen LogP contribution in [0, 0.1) is 11.8 Å². The van der Waals surface area contributed by atoms with Crippen LogP contribution in [0.1, 0.15) is 34.1 Å². The molecule has 2 saturated heterocycles. The average molecular weight is 390 g/mol. The number of hydrogen-bond donors (Lipinski definition) is 2. The van der Waals surface area contributed by atoms with Gasteiger partial charge in [-0.25, -0.2) is 9.78 Å². The molecule has 3 rings (SSSR count). The standard InChI is InChI=1S/C21H35N5O2/c1-15(2)11-25-8-7-18(14-25)9-23-21(27)24-19-5-6-20(22-10-19)26-12-16(3)28-17(4)13-26/h5-6,10,15-18H,7-9,11-14H2,1-4H3,(H2,23,24,27). The van der Waals surface area contributed by atoms with E-state index in [1.54, 1.807) is 6.20 Å². The Morgan fingerprint density at radius 1 is 1.25 bits per heavy atom. The molecule has 0 saturated carbocycles. The fourth-order valence-electron chi connectivity index (χ4n) is 4.19. The van der Waals surface area contributed by atoms with Gasteiger partial charge in [-0.1, -0.05) is 13.8 Å². The third-order valence-electron chi connectivity index (χ3n) is 5.29. The number of pyridine rings is 1. The predicted octanol–water partition coefficient (Wildman–Crippen LogP) is 2.79. The number of nitrogens with zero attached hydrogens (tertiary/aromatic N) is 3. The number of amides is 2. The quantitative estimate of drug-likeness (QED) is 0.783. The van der Waals surface area contributed by atoms with Crippen molar-refractivity contribution in [3.63, 3.8) is 0 Å². The lowest BCUT2D eigenvalue weighted by atomic mass is 10.1. The minimum atomic E-state index is -0.162. The summed E-state index contributed by atoms with van der Waals surface area (Å²) in [5.41, 5.74) is 0.712. The second kappa shape index (κ2) is 9.56. The molecule has 0 aromatic carbocycles. The Bertz CT molecular complexity index is 626. The molecule has 1 aromatic rings. The fraction of sp³-hybridized carbons (Fsp3) is 0.714. The number of carbonyl (C=O) groups is 1. The van der Waals surface area contributed by atoms with Crippen LogP contribution in [0.4, 0.5) is 16.3 Å². The third-order valence-corrected chi connectivity index (χ3v) is 5.29. The van der Waals surface area contributed by atoms with E-state index < -0.39 is 0 Å². The number of rotatable bonds is 6. The highest BCUT2D eigenvalue weighted by atomic mass is 16.5. The summed E-state index contributed by atoms with van der Waals surface area (Å²) in [6.07, 6.45) is 3.27. The van der Waals surface area contributed by atoms with E-state index in [1.807, 2.05) is 12.1 Å². The zero-order chi connectivity index (χ0) is 20.1. The molecule has 0 aliphatic carbocycles. The molecule has 7 nitrogen and oxygen atoms in total. The van der Waals surface area contributed by atoms with Crippen molar-refractivity contribution < 1.29 is 9.53 Å². The third kappa shape index (κ3) is 6.07. The molecule has 2 aliphatic heterocycles. The molecule has 3 unspecified atom stereocenters. The van der Waals surface area contributed by atoms with E-state index in [2.05, 4.69) is 53.1 Å². The molecule has 2 amide bonds. The average Bonchev–Trinajstić information content (AvgIpc) is 3.06. The van der Waals surface area contributed by atoms with Crippen LogP contribution >= 0.6 is 0 Å². The number of ether oxygens (including phenoxy) is 1. The Morgan fingerprint density at radius 3 is 2.64 bits per heavy atom. The monoisotopic (exact) mass is 389 g/mol. The molecule has 7 heteroatoms. The number of urea groups is 1. The van der Waals surface area contributed by atoms with E-state index >= 15 is 0 Å². The second-order valence-electron chi connectivity index (χ2n) is 8.71. The van der Waals surface area contributed by atoms with E-state index in [0.717, 1.165) is 51.5 Å². The maximum absolute atomic E-state index is 12.2. The zero-order valence-electron chi connectivity index (χ0n) is 17.6. The summed E-state index contributed by atoms with van der Waals surface area (Å²) in [7, 11) is 0. The van der Waals surface area contributed by atoms with Gasteiger partial charge >= 0.3 is 6.03 Å². The number of carbonyl (C=O) groups excluding carboxylic acids is 1. The van der Waals surface area contributed by atoms with Gasteiger partial charge < -0.3 is 25.2 Å². The Hall–Kier alpha value is -1.86. The van der Waals surface area contributed by atoms with Crippen LogP contribution in [-0.2, 0) is 4.74 Å². The molecular weight excluding hydrogens is 354 g/mol. The van der Waals surface area contributed by atoms with Gasteiger partial charge in [-0.05, 0) is 50.8 Å². The van der Waals surface area contributed by atoms with Crippen LogP contribution in [0.5, 0.6) is 0 Å². The molecule has 28 heavy (non-hydrogen) atoms. The number of hydrogen-bond acceptors (Lipinski definition) is 5. The molecular formula is C21H35N5O2. The van der Waals surface area contributed by atoms with Crippen LogP contribution in [0.25, 0.3) is 0 Å². The van der Waals surface area contributed by atoms with Crippen molar-refractivity contribution >= 4 is 17.5 Å². The molecule has 156 valence electrons. The number of aromatic nitrogens is 1. The van der Waals surface area contributed by atoms with Crippen molar-refractivity contribution in [1.29, 1.82) is 0 Å². The van der Waals surface area contributed by atoms with Gasteiger partial charge in [0, 0.05) is 32.7 Å².